The van der Waals surface area contributed by atoms with Crippen LogP contribution < -0.4 is 4.72 Å². The van der Waals surface area contributed by atoms with E-state index in [1.807, 2.05) is 12.1 Å². The zero-order chi connectivity index (χ0) is 14.0. The highest BCUT2D eigenvalue weighted by atomic mass is 127. The number of anilines is 1. The molecule has 1 N–H and O–H groups in total. The minimum Gasteiger partial charge on any atom is -0.279 e. The molecule has 0 saturated heterocycles. The fourth-order valence-electron chi connectivity index (χ4n) is 1.41. The standard InChI is InChI=1S/C12H8BrClINO2S/c13-8-4-5-11(15)12(6-8)16-19(17,18)10-3-1-2-9(14)7-10/h1-7,16H. The van der Waals surface area contributed by atoms with Crippen molar-refractivity contribution >= 4 is 65.8 Å². The monoisotopic (exact) mass is 471 g/mol. The van der Waals surface area contributed by atoms with Gasteiger partial charge in [0.1, 0.15) is 0 Å². The van der Waals surface area contributed by atoms with E-state index >= 15 is 0 Å². The first kappa shape index (κ1) is 15.1. The lowest BCUT2D eigenvalue weighted by molar-refractivity contribution is 0.601. The van der Waals surface area contributed by atoms with E-state index in [2.05, 4.69) is 43.2 Å². The van der Waals surface area contributed by atoms with Crippen LogP contribution in [0.2, 0.25) is 5.02 Å². The Kier molecular flexibility index (Phi) is 4.75. The van der Waals surface area contributed by atoms with Gasteiger partial charge in [-0.05, 0) is 59.0 Å². The van der Waals surface area contributed by atoms with Crippen LogP contribution in [0, 0.1) is 3.57 Å². The zero-order valence-corrected chi connectivity index (χ0v) is 14.7. The van der Waals surface area contributed by atoms with Gasteiger partial charge < -0.3 is 0 Å². The first-order chi connectivity index (χ1) is 8.88. The molecule has 0 aromatic heterocycles. The lowest BCUT2D eigenvalue weighted by Crippen LogP contribution is -2.13. The molecule has 0 amide bonds. The molecule has 0 spiro atoms. The maximum absolute atomic E-state index is 12.2. The van der Waals surface area contributed by atoms with Gasteiger partial charge in [0, 0.05) is 13.1 Å². The highest BCUT2D eigenvalue weighted by Crippen LogP contribution is 2.26. The molecule has 0 atom stereocenters. The lowest BCUT2D eigenvalue weighted by Gasteiger charge is -2.10. The smallest absolute Gasteiger partial charge is 0.261 e. The summed E-state index contributed by atoms with van der Waals surface area (Å²) in [6.07, 6.45) is 0. The van der Waals surface area contributed by atoms with Crippen molar-refractivity contribution in [2.45, 2.75) is 4.90 Å². The Morgan fingerprint density at radius 1 is 1.16 bits per heavy atom. The number of rotatable bonds is 3. The summed E-state index contributed by atoms with van der Waals surface area (Å²) < 4.78 is 28.6. The Hall–Kier alpha value is -0.310. The number of nitrogens with one attached hydrogen (secondary N) is 1. The van der Waals surface area contributed by atoms with Gasteiger partial charge in [-0.3, -0.25) is 4.72 Å². The first-order valence-electron chi connectivity index (χ1n) is 5.12. The molecule has 0 fully saturated rings. The van der Waals surface area contributed by atoms with Crippen molar-refractivity contribution in [1.29, 1.82) is 0 Å². The largest absolute Gasteiger partial charge is 0.279 e. The summed E-state index contributed by atoms with van der Waals surface area (Å²) in [4.78, 5) is 0.135. The quantitative estimate of drug-likeness (QED) is 0.669. The molecule has 0 aliphatic heterocycles. The van der Waals surface area contributed by atoms with Crippen molar-refractivity contribution in [3.05, 3.63) is 55.5 Å². The van der Waals surface area contributed by atoms with Crippen LogP contribution in [0.3, 0.4) is 0 Å². The number of benzene rings is 2. The van der Waals surface area contributed by atoms with Gasteiger partial charge in [-0.2, -0.15) is 0 Å². The van der Waals surface area contributed by atoms with Crippen molar-refractivity contribution < 1.29 is 8.42 Å². The Balaban J connectivity index is 2.39. The SMILES string of the molecule is O=S(=O)(Nc1cc(Br)ccc1I)c1cccc(Cl)c1. The van der Waals surface area contributed by atoms with E-state index in [1.165, 1.54) is 12.1 Å². The van der Waals surface area contributed by atoms with Crippen molar-refractivity contribution in [1.82, 2.24) is 0 Å². The van der Waals surface area contributed by atoms with Gasteiger partial charge in [0.2, 0.25) is 0 Å². The molecule has 0 aliphatic rings. The topological polar surface area (TPSA) is 46.2 Å². The van der Waals surface area contributed by atoms with Gasteiger partial charge in [0.15, 0.2) is 0 Å². The van der Waals surface area contributed by atoms with E-state index in [-0.39, 0.29) is 4.90 Å². The van der Waals surface area contributed by atoms with Crippen molar-refractivity contribution in [2.24, 2.45) is 0 Å². The van der Waals surface area contributed by atoms with E-state index in [9.17, 15) is 8.42 Å². The highest BCUT2D eigenvalue weighted by molar-refractivity contribution is 14.1. The average molecular weight is 473 g/mol. The molecule has 3 nitrogen and oxygen atoms in total. The van der Waals surface area contributed by atoms with E-state index in [0.29, 0.717) is 10.7 Å². The van der Waals surface area contributed by atoms with Crippen LogP contribution in [-0.4, -0.2) is 8.42 Å². The van der Waals surface area contributed by atoms with E-state index in [4.69, 9.17) is 11.6 Å². The number of hydrogen-bond acceptors (Lipinski definition) is 2. The Morgan fingerprint density at radius 2 is 1.89 bits per heavy atom. The van der Waals surface area contributed by atoms with Crippen LogP contribution in [0.25, 0.3) is 0 Å². The van der Waals surface area contributed by atoms with Gasteiger partial charge in [0.25, 0.3) is 10.0 Å². The van der Waals surface area contributed by atoms with Gasteiger partial charge >= 0.3 is 0 Å². The van der Waals surface area contributed by atoms with E-state index < -0.39 is 10.0 Å². The molecule has 0 heterocycles. The fraction of sp³-hybridized carbons (Fsp3) is 0. The number of sulfonamides is 1. The molecular weight excluding hydrogens is 464 g/mol. The summed E-state index contributed by atoms with van der Waals surface area (Å²) in [5.74, 6) is 0. The van der Waals surface area contributed by atoms with Crippen LogP contribution in [0.5, 0.6) is 0 Å². The molecular formula is C12H8BrClINO2S. The Labute approximate surface area is 138 Å². The van der Waals surface area contributed by atoms with Crippen molar-refractivity contribution in [2.75, 3.05) is 4.72 Å². The average Bonchev–Trinajstić information content (AvgIpc) is 2.33. The molecule has 100 valence electrons. The normalized spacial score (nSPS) is 11.3. The van der Waals surface area contributed by atoms with Crippen LogP contribution in [0.1, 0.15) is 0 Å². The minimum absolute atomic E-state index is 0.135. The Morgan fingerprint density at radius 3 is 2.58 bits per heavy atom. The summed E-state index contributed by atoms with van der Waals surface area (Å²) in [5, 5.41) is 0.381. The maximum atomic E-state index is 12.2. The molecule has 0 unspecified atom stereocenters. The number of hydrogen-bond donors (Lipinski definition) is 1. The minimum atomic E-state index is -3.64. The van der Waals surface area contributed by atoms with Crippen molar-refractivity contribution in [3.63, 3.8) is 0 Å². The van der Waals surface area contributed by atoms with Crippen molar-refractivity contribution in [3.8, 4) is 0 Å². The summed E-state index contributed by atoms with van der Waals surface area (Å²) in [7, 11) is -3.64. The third kappa shape index (κ3) is 3.84. The van der Waals surface area contributed by atoms with Gasteiger partial charge in [-0.1, -0.05) is 33.6 Å². The summed E-state index contributed by atoms with van der Waals surface area (Å²) >= 11 is 11.2. The molecule has 0 radical (unpaired) electrons. The van der Waals surface area contributed by atoms with E-state index in [0.717, 1.165) is 8.04 Å². The number of halogens is 3. The van der Waals surface area contributed by atoms with Gasteiger partial charge in [-0.15, -0.1) is 0 Å². The molecule has 0 saturated carbocycles. The predicted octanol–water partition coefficient (Wildman–Crippen LogP) is 4.51. The van der Waals surface area contributed by atoms with Crippen LogP contribution in [0.15, 0.2) is 51.8 Å². The van der Waals surface area contributed by atoms with Crippen LogP contribution in [-0.2, 0) is 10.0 Å². The molecule has 2 aromatic carbocycles. The maximum Gasteiger partial charge on any atom is 0.261 e. The molecule has 0 aliphatic carbocycles. The fourth-order valence-corrected chi connectivity index (χ4v) is 3.80. The third-order valence-electron chi connectivity index (χ3n) is 2.28. The predicted molar refractivity (Wildman–Crippen MR) is 89.1 cm³/mol. The highest BCUT2D eigenvalue weighted by Gasteiger charge is 2.16. The summed E-state index contributed by atoms with van der Waals surface area (Å²) in [5.41, 5.74) is 0.523. The second kappa shape index (κ2) is 5.99. The lowest BCUT2D eigenvalue weighted by atomic mass is 10.3. The Bertz CT molecular complexity index is 721. The molecule has 0 bridgehead atoms. The van der Waals surface area contributed by atoms with Gasteiger partial charge in [0.05, 0.1) is 10.6 Å². The van der Waals surface area contributed by atoms with Crippen LogP contribution in [0.4, 0.5) is 5.69 Å². The van der Waals surface area contributed by atoms with Crippen LogP contribution >= 0.6 is 50.1 Å². The summed E-state index contributed by atoms with van der Waals surface area (Å²) in [6, 6.07) is 11.5. The van der Waals surface area contributed by atoms with E-state index in [1.54, 1.807) is 18.2 Å². The van der Waals surface area contributed by atoms with Gasteiger partial charge in [-0.25, -0.2) is 8.42 Å². The second-order valence-electron chi connectivity index (χ2n) is 3.69. The second-order valence-corrected chi connectivity index (χ2v) is 7.88. The molecule has 7 heteroatoms. The molecule has 2 aromatic rings. The zero-order valence-electron chi connectivity index (χ0n) is 9.40. The first-order valence-corrected chi connectivity index (χ1v) is 8.85. The summed E-state index contributed by atoms with van der Waals surface area (Å²) in [6.45, 7) is 0. The molecule has 2 rings (SSSR count). The molecule has 19 heavy (non-hydrogen) atoms. The third-order valence-corrected chi connectivity index (χ3v) is 5.31.